The van der Waals surface area contributed by atoms with E-state index in [9.17, 15) is 9.59 Å². The SMILES string of the molecule is COc1cccc(Oc2coc3cc(OC(=O)C(Cl)c4ccccc4)ccc3c2=O)c1. The molecule has 4 rings (SSSR count). The molecule has 0 radical (unpaired) electrons. The van der Waals surface area contributed by atoms with Crippen molar-refractivity contribution in [2.24, 2.45) is 0 Å². The summed E-state index contributed by atoms with van der Waals surface area (Å²) in [5, 5.41) is -0.673. The van der Waals surface area contributed by atoms with Crippen LogP contribution in [0.1, 0.15) is 10.9 Å². The van der Waals surface area contributed by atoms with Crippen LogP contribution in [0.15, 0.2) is 88.3 Å². The van der Waals surface area contributed by atoms with E-state index in [4.69, 9.17) is 30.2 Å². The number of methoxy groups -OCH3 is 1. The van der Waals surface area contributed by atoms with Gasteiger partial charge in [-0.05, 0) is 29.8 Å². The highest BCUT2D eigenvalue weighted by Crippen LogP contribution is 2.28. The Morgan fingerprint density at radius 1 is 0.935 bits per heavy atom. The molecule has 0 aliphatic carbocycles. The van der Waals surface area contributed by atoms with Crippen molar-refractivity contribution in [3.8, 4) is 23.0 Å². The molecule has 0 amide bonds. The molecule has 0 saturated heterocycles. The number of ether oxygens (including phenoxy) is 3. The predicted molar refractivity (Wildman–Crippen MR) is 116 cm³/mol. The summed E-state index contributed by atoms with van der Waals surface area (Å²) in [4.78, 5) is 25.1. The van der Waals surface area contributed by atoms with E-state index in [2.05, 4.69) is 0 Å². The van der Waals surface area contributed by atoms with Crippen molar-refractivity contribution < 1.29 is 23.4 Å². The monoisotopic (exact) mass is 436 g/mol. The van der Waals surface area contributed by atoms with Crippen molar-refractivity contribution in [2.45, 2.75) is 5.38 Å². The van der Waals surface area contributed by atoms with Gasteiger partial charge in [-0.25, -0.2) is 4.79 Å². The largest absolute Gasteiger partial charge is 0.497 e. The minimum Gasteiger partial charge on any atom is -0.497 e. The lowest BCUT2D eigenvalue weighted by atomic mass is 10.1. The molecule has 0 N–H and O–H groups in total. The average Bonchev–Trinajstić information content (AvgIpc) is 2.81. The minimum atomic E-state index is -0.956. The zero-order valence-corrected chi connectivity index (χ0v) is 17.2. The van der Waals surface area contributed by atoms with Crippen LogP contribution in [0.5, 0.6) is 23.0 Å². The van der Waals surface area contributed by atoms with Gasteiger partial charge in [0.05, 0.1) is 12.5 Å². The topological polar surface area (TPSA) is 75.0 Å². The summed E-state index contributed by atoms with van der Waals surface area (Å²) >= 11 is 6.20. The van der Waals surface area contributed by atoms with Crippen LogP contribution >= 0.6 is 11.6 Å². The highest BCUT2D eigenvalue weighted by atomic mass is 35.5. The van der Waals surface area contributed by atoms with Crippen LogP contribution in [0.2, 0.25) is 0 Å². The van der Waals surface area contributed by atoms with Gasteiger partial charge in [-0.1, -0.05) is 36.4 Å². The predicted octanol–water partition coefficient (Wildman–Crippen LogP) is 5.48. The third-order valence-electron chi connectivity index (χ3n) is 4.50. The summed E-state index contributed by atoms with van der Waals surface area (Å²) in [6, 6.07) is 20.2. The molecule has 31 heavy (non-hydrogen) atoms. The van der Waals surface area contributed by atoms with Crippen LogP contribution in [0.25, 0.3) is 11.0 Å². The first-order valence-electron chi connectivity index (χ1n) is 9.33. The fourth-order valence-electron chi connectivity index (χ4n) is 2.94. The van der Waals surface area contributed by atoms with Crippen molar-refractivity contribution in [1.29, 1.82) is 0 Å². The fraction of sp³-hybridized carbons (Fsp3) is 0.0833. The standard InChI is InChI=1S/C24H17ClO6/c1-28-16-8-5-9-17(12-16)30-21-14-29-20-13-18(10-11-19(20)23(21)26)31-24(27)22(25)15-6-3-2-4-7-15/h2-14,22H,1H3. The maximum Gasteiger partial charge on any atom is 0.334 e. The van der Waals surface area contributed by atoms with Crippen molar-refractivity contribution in [1.82, 2.24) is 0 Å². The van der Waals surface area contributed by atoms with Crippen molar-refractivity contribution in [2.75, 3.05) is 7.11 Å². The van der Waals surface area contributed by atoms with E-state index in [1.807, 2.05) is 6.07 Å². The molecule has 0 bridgehead atoms. The second-order valence-corrected chi connectivity index (χ2v) is 7.00. The van der Waals surface area contributed by atoms with Gasteiger partial charge in [0.25, 0.3) is 0 Å². The first-order chi connectivity index (χ1) is 15.0. The second-order valence-electron chi connectivity index (χ2n) is 6.56. The number of alkyl halides is 1. The Hall–Kier alpha value is -3.77. The normalized spacial score (nSPS) is 11.7. The van der Waals surface area contributed by atoms with E-state index in [0.29, 0.717) is 17.1 Å². The zero-order valence-electron chi connectivity index (χ0n) is 16.4. The van der Waals surface area contributed by atoms with Crippen molar-refractivity contribution >= 4 is 28.5 Å². The van der Waals surface area contributed by atoms with Crippen LogP contribution < -0.4 is 19.6 Å². The minimum absolute atomic E-state index is 0.0235. The summed E-state index contributed by atoms with van der Waals surface area (Å²) in [6.45, 7) is 0. The Bertz CT molecular complexity index is 1280. The number of halogens is 1. The molecule has 0 aliphatic heterocycles. The molecular formula is C24H17ClO6. The highest BCUT2D eigenvalue weighted by Gasteiger charge is 2.20. The van der Waals surface area contributed by atoms with Gasteiger partial charge in [0.1, 0.15) is 29.1 Å². The fourth-order valence-corrected chi connectivity index (χ4v) is 3.13. The summed E-state index contributed by atoms with van der Waals surface area (Å²) in [5.74, 6) is 0.638. The van der Waals surface area contributed by atoms with E-state index in [0.717, 1.165) is 0 Å². The first kappa shape index (κ1) is 20.5. The molecule has 0 spiro atoms. The molecule has 0 fully saturated rings. The number of rotatable bonds is 6. The molecule has 1 heterocycles. The van der Waals surface area contributed by atoms with E-state index in [-0.39, 0.29) is 27.9 Å². The van der Waals surface area contributed by atoms with Gasteiger partial charge < -0.3 is 18.6 Å². The molecule has 3 aromatic carbocycles. The highest BCUT2D eigenvalue weighted by molar-refractivity contribution is 6.30. The molecule has 4 aromatic rings. The van der Waals surface area contributed by atoms with E-state index in [1.165, 1.54) is 24.5 Å². The number of hydrogen-bond acceptors (Lipinski definition) is 6. The van der Waals surface area contributed by atoms with E-state index < -0.39 is 11.3 Å². The number of fused-ring (bicyclic) bond motifs is 1. The number of esters is 1. The van der Waals surface area contributed by atoms with Crippen LogP contribution in [0.3, 0.4) is 0 Å². The van der Waals surface area contributed by atoms with Crippen LogP contribution in [0, 0.1) is 0 Å². The van der Waals surface area contributed by atoms with Gasteiger partial charge >= 0.3 is 5.97 Å². The molecule has 1 atom stereocenters. The Labute approximate surface area is 182 Å². The van der Waals surface area contributed by atoms with Crippen molar-refractivity contribution in [3.05, 3.63) is 94.8 Å². The molecule has 156 valence electrons. The lowest BCUT2D eigenvalue weighted by Gasteiger charge is -2.10. The first-order valence-corrected chi connectivity index (χ1v) is 9.77. The molecule has 7 heteroatoms. The summed E-state index contributed by atoms with van der Waals surface area (Å²) in [6.07, 6.45) is 1.21. The van der Waals surface area contributed by atoms with Crippen LogP contribution in [-0.4, -0.2) is 13.1 Å². The molecular weight excluding hydrogens is 420 g/mol. The second kappa shape index (κ2) is 8.93. The summed E-state index contributed by atoms with van der Waals surface area (Å²) in [7, 11) is 1.54. The third kappa shape index (κ3) is 4.54. The Morgan fingerprint density at radius 2 is 1.71 bits per heavy atom. The van der Waals surface area contributed by atoms with Crippen molar-refractivity contribution in [3.63, 3.8) is 0 Å². The Morgan fingerprint density at radius 3 is 2.48 bits per heavy atom. The van der Waals surface area contributed by atoms with Gasteiger partial charge in [-0.3, -0.25) is 4.79 Å². The summed E-state index contributed by atoms with van der Waals surface area (Å²) in [5.41, 5.74) is 0.515. The molecule has 1 unspecified atom stereocenters. The summed E-state index contributed by atoms with van der Waals surface area (Å²) < 4.78 is 21.7. The maximum atomic E-state index is 12.8. The average molecular weight is 437 g/mol. The molecule has 0 saturated carbocycles. The lowest BCUT2D eigenvalue weighted by molar-refractivity contribution is -0.134. The quantitative estimate of drug-likeness (QED) is 0.226. The smallest absolute Gasteiger partial charge is 0.334 e. The molecule has 1 aromatic heterocycles. The maximum absolute atomic E-state index is 12.8. The Balaban J connectivity index is 1.55. The Kier molecular flexibility index (Phi) is 5.91. The zero-order chi connectivity index (χ0) is 21.8. The molecule has 0 aliphatic rings. The van der Waals surface area contributed by atoms with Crippen LogP contribution in [-0.2, 0) is 4.79 Å². The number of hydrogen-bond donors (Lipinski definition) is 0. The number of benzene rings is 3. The van der Waals surface area contributed by atoms with Crippen LogP contribution in [0.4, 0.5) is 0 Å². The number of carbonyl (C=O) groups excluding carboxylic acids is 1. The van der Waals surface area contributed by atoms with E-state index in [1.54, 1.807) is 55.6 Å². The van der Waals surface area contributed by atoms with Gasteiger partial charge in [0, 0.05) is 12.1 Å². The number of carbonyl (C=O) groups is 1. The molecule has 6 nitrogen and oxygen atoms in total. The lowest BCUT2D eigenvalue weighted by Crippen LogP contribution is -2.14. The van der Waals surface area contributed by atoms with E-state index >= 15 is 0 Å². The van der Waals surface area contributed by atoms with Gasteiger partial charge in [0.2, 0.25) is 11.2 Å². The van der Waals surface area contributed by atoms with Gasteiger partial charge in [-0.2, -0.15) is 0 Å². The third-order valence-corrected chi connectivity index (χ3v) is 4.93. The van der Waals surface area contributed by atoms with Gasteiger partial charge in [-0.15, -0.1) is 11.6 Å². The van der Waals surface area contributed by atoms with Gasteiger partial charge in [0.15, 0.2) is 5.38 Å².